The van der Waals surface area contributed by atoms with Gasteiger partial charge in [0, 0.05) is 11.5 Å². The Labute approximate surface area is 191 Å². The molecular formula is C22H16F3NO7S. The van der Waals surface area contributed by atoms with Crippen LogP contribution in [0.4, 0.5) is 13.2 Å². The molecule has 5 rings (SSSR count). The van der Waals surface area contributed by atoms with Crippen LogP contribution in [0.5, 0.6) is 11.5 Å². The van der Waals surface area contributed by atoms with E-state index in [0.29, 0.717) is 0 Å². The van der Waals surface area contributed by atoms with Gasteiger partial charge in [0.25, 0.3) is 5.91 Å². The number of amides is 1. The number of carbonyl (C=O) groups excluding carboxylic acids is 2. The number of fused-ring (bicyclic) bond motifs is 4. The van der Waals surface area contributed by atoms with E-state index in [4.69, 9.17) is 14.2 Å². The van der Waals surface area contributed by atoms with Gasteiger partial charge in [0.05, 0.1) is 11.6 Å². The van der Waals surface area contributed by atoms with Crippen LogP contribution in [0.25, 0.3) is 0 Å². The Morgan fingerprint density at radius 2 is 1.74 bits per heavy atom. The first-order valence-corrected chi connectivity index (χ1v) is 11.5. The Hall–Kier alpha value is -3.54. The van der Waals surface area contributed by atoms with E-state index in [2.05, 4.69) is 0 Å². The van der Waals surface area contributed by atoms with E-state index >= 15 is 0 Å². The van der Waals surface area contributed by atoms with Gasteiger partial charge in [-0.2, -0.15) is 21.6 Å². The molecule has 34 heavy (non-hydrogen) atoms. The molecule has 0 N–H and O–H groups in total. The maximum Gasteiger partial charge on any atom is 0.516 e. The molecule has 2 aliphatic heterocycles. The van der Waals surface area contributed by atoms with Crippen molar-refractivity contribution in [1.29, 1.82) is 0 Å². The summed E-state index contributed by atoms with van der Waals surface area (Å²) in [6.45, 7) is -0.151. The van der Waals surface area contributed by atoms with Gasteiger partial charge >= 0.3 is 21.5 Å². The van der Waals surface area contributed by atoms with Gasteiger partial charge in [-0.3, -0.25) is 4.79 Å². The van der Waals surface area contributed by atoms with Crippen LogP contribution in [0.3, 0.4) is 0 Å². The number of rotatable bonds is 3. The maximum absolute atomic E-state index is 13.5. The van der Waals surface area contributed by atoms with Gasteiger partial charge in [0.15, 0.2) is 11.5 Å². The summed E-state index contributed by atoms with van der Waals surface area (Å²) < 4.78 is 81.0. The topological polar surface area (TPSA) is 99.2 Å². The second-order valence-electron chi connectivity index (χ2n) is 7.87. The third-order valence-electron chi connectivity index (χ3n) is 5.89. The number of hydrogen-bond acceptors (Lipinski definition) is 7. The number of nitrogens with zero attached hydrogens (tertiary/aromatic N) is 1. The van der Waals surface area contributed by atoms with Gasteiger partial charge in [0.2, 0.25) is 6.79 Å². The number of benzene rings is 2. The minimum absolute atomic E-state index is 0.0520. The molecule has 0 saturated carbocycles. The molecule has 0 spiro atoms. The molecule has 1 amide bonds. The fraction of sp³-hybridized carbons (Fsp3) is 0.273. The SMILES string of the molecule is O=C(O[C@@H]1C=C[C@@H]2[C@@H](C1)c1cc3c(cc1C(=O)N2S(=O)(=O)C(F)(F)F)OCO3)c1ccccc1. The molecule has 3 atom stereocenters. The van der Waals surface area contributed by atoms with Crippen LogP contribution in [-0.2, 0) is 14.8 Å². The lowest BCUT2D eigenvalue weighted by Gasteiger charge is -2.42. The summed E-state index contributed by atoms with van der Waals surface area (Å²) in [6, 6.07) is 9.29. The Morgan fingerprint density at radius 1 is 1.06 bits per heavy atom. The van der Waals surface area contributed by atoms with E-state index in [-0.39, 0.29) is 45.7 Å². The molecule has 0 bridgehead atoms. The summed E-state index contributed by atoms with van der Waals surface area (Å²) in [7, 11) is -6.01. The summed E-state index contributed by atoms with van der Waals surface area (Å²) in [5, 5.41) is 0. The van der Waals surface area contributed by atoms with Crippen molar-refractivity contribution < 1.29 is 45.4 Å². The molecule has 0 aromatic heterocycles. The van der Waals surface area contributed by atoms with E-state index < -0.39 is 45.5 Å². The second kappa shape index (κ2) is 7.76. The zero-order chi connectivity index (χ0) is 24.3. The highest BCUT2D eigenvalue weighted by Gasteiger charge is 2.57. The van der Waals surface area contributed by atoms with E-state index in [1.165, 1.54) is 18.2 Å². The van der Waals surface area contributed by atoms with Crippen molar-refractivity contribution in [3.05, 3.63) is 71.3 Å². The fourth-order valence-electron chi connectivity index (χ4n) is 4.34. The van der Waals surface area contributed by atoms with Crippen LogP contribution in [-0.4, -0.2) is 49.0 Å². The summed E-state index contributed by atoms with van der Waals surface area (Å²) in [5.41, 5.74) is -5.37. The Bertz CT molecular complexity index is 1310. The molecule has 0 fully saturated rings. The second-order valence-corrected chi connectivity index (χ2v) is 9.68. The molecule has 0 radical (unpaired) electrons. The predicted molar refractivity (Wildman–Crippen MR) is 110 cm³/mol. The van der Waals surface area contributed by atoms with Crippen LogP contribution < -0.4 is 9.47 Å². The predicted octanol–water partition coefficient (Wildman–Crippen LogP) is 3.36. The summed E-state index contributed by atoms with van der Waals surface area (Å²) >= 11 is 0. The molecule has 1 aliphatic carbocycles. The normalized spacial score (nSPS) is 23.3. The summed E-state index contributed by atoms with van der Waals surface area (Å²) in [5.74, 6) is -2.49. The molecule has 2 aromatic rings. The zero-order valence-electron chi connectivity index (χ0n) is 17.2. The average molecular weight is 495 g/mol. The van der Waals surface area contributed by atoms with Crippen LogP contribution in [0.15, 0.2) is 54.6 Å². The van der Waals surface area contributed by atoms with Crippen LogP contribution >= 0.6 is 0 Å². The third kappa shape index (κ3) is 3.49. The molecule has 12 heteroatoms. The van der Waals surface area contributed by atoms with Gasteiger partial charge in [-0.05, 0) is 42.3 Å². The highest BCUT2D eigenvalue weighted by atomic mass is 32.2. The largest absolute Gasteiger partial charge is 0.516 e. The van der Waals surface area contributed by atoms with Crippen molar-refractivity contribution in [2.24, 2.45) is 0 Å². The zero-order valence-corrected chi connectivity index (χ0v) is 18.0. The molecule has 2 aromatic carbocycles. The quantitative estimate of drug-likeness (QED) is 0.476. The smallest absolute Gasteiger partial charge is 0.455 e. The van der Waals surface area contributed by atoms with Crippen molar-refractivity contribution in [3.8, 4) is 11.5 Å². The van der Waals surface area contributed by atoms with Crippen molar-refractivity contribution in [2.75, 3.05) is 6.79 Å². The Morgan fingerprint density at radius 3 is 2.41 bits per heavy atom. The number of carbonyl (C=O) groups is 2. The minimum Gasteiger partial charge on any atom is -0.455 e. The lowest BCUT2D eigenvalue weighted by Crippen LogP contribution is -2.55. The van der Waals surface area contributed by atoms with E-state index in [1.807, 2.05) is 0 Å². The molecule has 8 nitrogen and oxygen atoms in total. The highest BCUT2D eigenvalue weighted by molar-refractivity contribution is 7.90. The van der Waals surface area contributed by atoms with E-state index in [9.17, 15) is 31.2 Å². The van der Waals surface area contributed by atoms with Crippen molar-refractivity contribution in [3.63, 3.8) is 0 Å². The first-order chi connectivity index (χ1) is 16.1. The minimum atomic E-state index is -6.01. The van der Waals surface area contributed by atoms with Crippen molar-refractivity contribution in [1.82, 2.24) is 4.31 Å². The maximum atomic E-state index is 13.5. The number of ether oxygens (including phenoxy) is 3. The van der Waals surface area contributed by atoms with Gasteiger partial charge in [0.1, 0.15) is 6.10 Å². The molecule has 2 heterocycles. The first-order valence-electron chi connectivity index (χ1n) is 10.1. The van der Waals surface area contributed by atoms with Crippen molar-refractivity contribution >= 4 is 21.9 Å². The summed E-state index contributed by atoms with van der Waals surface area (Å²) in [6.07, 6.45) is 1.54. The fourth-order valence-corrected chi connectivity index (χ4v) is 5.42. The Kier molecular flexibility index (Phi) is 5.08. The number of halogens is 3. The molecule has 178 valence electrons. The van der Waals surface area contributed by atoms with Crippen LogP contribution in [0.2, 0.25) is 0 Å². The van der Waals surface area contributed by atoms with Crippen LogP contribution in [0.1, 0.15) is 38.6 Å². The van der Waals surface area contributed by atoms with Gasteiger partial charge < -0.3 is 14.2 Å². The number of esters is 1. The standard InChI is InChI=1S/C22H16F3NO7S/c23-22(24,25)34(29,30)26-17-7-6-13(33-21(28)12-4-2-1-3-5-12)8-15(17)14-9-18-19(32-11-31-18)10-16(14)20(26)27/h1-7,9-10,13,15,17H,8,11H2/t13-,15+,17-/m1/s1. The first kappa shape index (κ1) is 22.3. The van der Waals surface area contributed by atoms with E-state index in [0.717, 1.165) is 6.08 Å². The molecular weight excluding hydrogens is 479 g/mol. The molecule has 0 unspecified atom stereocenters. The van der Waals surface area contributed by atoms with Crippen LogP contribution in [0, 0.1) is 0 Å². The lowest BCUT2D eigenvalue weighted by molar-refractivity contribution is -0.0494. The molecule has 0 saturated heterocycles. The third-order valence-corrected chi connectivity index (χ3v) is 7.40. The van der Waals surface area contributed by atoms with Gasteiger partial charge in [-0.25, -0.2) is 9.10 Å². The van der Waals surface area contributed by atoms with Gasteiger partial charge in [-0.1, -0.05) is 24.3 Å². The van der Waals surface area contributed by atoms with Gasteiger partial charge in [-0.15, -0.1) is 0 Å². The number of alkyl halides is 3. The molecule has 3 aliphatic rings. The lowest BCUT2D eigenvalue weighted by atomic mass is 9.77. The average Bonchev–Trinajstić information content (AvgIpc) is 3.26. The van der Waals surface area contributed by atoms with Crippen molar-refractivity contribution in [2.45, 2.75) is 30.0 Å². The number of sulfonamides is 1. The summed E-state index contributed by atoms with van der Waals surface area (Å²) in [4.78, 5) is 25.5. The Balaban J connectivity index is 1.56. The van der Waals surface area contributed by atoms with E-state index in [1.54, 1.807) is 30.3 Å². The number of hydrogen-bond donors (Lipinski definition) is 0. The monoisotopic (exact) mass is 495 g/mol. The highest BCUT2D eigenvalue weighted by Crippen LogP contribution is 2.47.